The van der Waals surface area contributed by atoms with Crippen LogP contribution in [0.2, 0.25) is 0 Å². The highest BCUT2D eigenvalue weighted by Gasteiger charge is 2.21. The predicted octanol–water partition coefficient (Wildman–Crippen LogP) is 1.28. The molecule has 2 rings (SSSR count). The standard InChI is InChI=1S/C11H19N3/c1-3-11-13-8(2)10-5-4-9(6-12)7-14(10)11/h9H,3-7,12H2,1-2H3. The van der Waals surface area contributed by atoms with Gasteiger partial charge in [0.15, 0.2) is 0 Å². The maximum Gasteiger partial charge on any atom is 0.108 e. The molecule has 0 spiro atoms. The van der Waals surface area contributed by atoms with Crippen molar-refractivity contribution >= 4 is 0 Å². The lowest BCUT2D eigenvalue weighted by Gasteiger charge is -2.24. The van der Waals surface area contributed by atoms with Crippen molar-refractivity contribution in [1.82, 2.24) is 9.55 Å². The predicted molar refractivity (Wildman–Crippen MR) is 57.2 cm³/mol. The Morgan fingerprint density at radius 3 is 3.00 bits per heavy atom. The van der Waals surface area contributed by atoms with Crippen LogP contribution in [0.25, 0.3) is 0 Å². The lowest BCUT2D eigenvalue weighted by Crippen LogP contribution is -2.27. The van der Waals surface area contributed by atoms with Crippen molar-refractivity contribution in [1.29, 1.82) is 0 Å². The third-order valence-electron chi connectivity index (χ3n) is 3.23. The van der Waals surface area contributed by atoms with Gasteiger partial charge in [0, 0.05) is 18.7 Å². The molecule has 0 saturated carbocycles. The molecule has 1 aromatic heterocycles. The number of hydrogen-bond acceptors (Lipinski definition) is 2. The van der Waals surface area contributed by atoms with Crippen LogP contribution in [0.5, 0.6) is 0 Å². The van der Waals surface area contributed by atoms with Crippen LogP contribution in [0.3, 0.4) is 0 Å². The molecule has 78 valence electrons. The molecule has 3 heteroatoms. The van der Waals surface area contributed by atoms with Gasteiger partial charge in [0.05, 0.1) is 5.69 Å². The molecule has 2 heterocycles. The number of hydrogen-bond donors (Lipinski definition) is 1. The van der Waals surface area contributed by atoms with Crippen LogP contribution in [-0.4, -0.2) is 16.1 Å². The molecule has 0 amide bonds. The van der Waals surface area contributed by atoms with Crippen LogP contribution in [0.15, 0.2) is 0 Å². The molecule has 1 aromatic rings. The molecule has 1 unspecified atom stereocenters. The number of nitrogens with two attached hydrogens (primary N) is 1. The summed E-state index contributed by atoms with van der Waals surface area (Å²) in [6.07, 6.45) is 3.41. The Labute approximate surface area is 85.3 Å². The maximum atomic E-state index is 5.72. The topological polar surface area (TPSA) is 43.8 Å². The average molecular weight is 193 g/mol. The quantitative estimate of drug-likeness (QED) is 0.769. The molecular formula is C11H19N3. The maximum absolute atomic E-state index is 5.72. The van der Waals surface area contributed by atoms with Gasteiger partial charge in [-0.25, -0.2) is 4.98 Å². The molecule has 3 nitrogen and oxygen atoms in total. The zero-order chi connectivity index (χ0) is 10.1. The van der Waals surface area contributed by atoms with E-state index < -0.39 is 0 Å². The monoisotopic (exact) mass is 193 g/mol. The van der Waals surface area contributed by atoms with Crippen LogP contribution in [0.1, 0.15) is 30.6 Å². The first kappa shape index (κ1) is 9.71. The van der Waals surface area contributed by atoms with Gasteiger partial charge in [-0.1, -0.05) is 6.92 Å². The molecule has 0 radical (unpaired) electrons. The summed E-state index contributed by atoms with van der Waals surface area (Å²) in [5.74, 6) is 1.89. The van der Waals surface area contributed by atoms with E-state index in [0.29, 0.717) is 5.92 Å². The Morgan fingerprint density at radius 2 is 2.36 bits per heavy atom. The highest BCUT2D eigenvalue weighted by Crippen LogP contribution is 2.23. The SMILES string of the molecule is CCc1nc(C)c2n1CC(CN)CC2. The summed E-state index contributed by atoms with van der Waals surface area (Å²) in [6, 6.07) is 0. The molecule has 0 aliphatic carbocycles. The summed E-state index contributed by atoms with van der Waals surface area (Å²) in [4.78, 5) is 4.60. The number of imidazole rings is 1. The summed E-state index contributed by atoms with van der Waals surface area (Å²) >= 11 is 0. The van der Waals surface area contributed by atoms with Gasteiger partial charge in [-0.3, -0.25) is 0 Å². The second kappa shape index (κ2) is 3.73. The van der Waals surface area contributed by atoms with E-state index in [4.69, 9.17) is 5.73 Å². The second-order valence-electron chi connectivity index (χ2n) is 4.16. The van der Waals surface area contributed by atoms with E-state index >= 15 is 0 Å². The van der Waals surface area contributed by atoms with E-state index in [-0.39, 0.29) is 0 Å². The van der Waals surface area contributed by atoms with Crippen molar-refractivity contribution in [2.45, 2.75) is 39.7 Å². The van der Waals surface area contributed by atoms with Gasteiger partial charge in [-0.2, -0.15) is 0 Å². The Balaban J connectivity index is 2.34. The lowest BCUT2D eigenvalue weighted by molar-refractivity contribution is 0.371. The van der Waals surface area contributed by atoms with Gasteiger partial charge in [0.25, 0.3) is 0 Å². The fraction of sp³-hybridized carbons (Fsp3) is 0.727. The van der Waals surface area contributed by atoms with E-state index in [1.807, 2.05) is 0 Å². The molecular weight excluding hydrogens is 174 g/mol. The Kier molecular flexibility index (Phi) is 2.59. The minimum atomic E-state index is 0.654. The molecule has 0 saturated heterocycles. The second-order valence-corrected chi connectivity index (χ2v) is 4.16. The van der Waals surface area contributed by atoms with E-state index in [0.717, 1.165) is 25.9 Å². The van der Waals surface area contributed by atoms with E-state index in [1.54, 1.807) is 0 Å². The largest absolute Gasteiger partial charge is 0.331 e. The van der Waals surface area contributed by atoms with E-state index in [1.165, 1.54) is 23.6 Å². The van der Waals surface area contributed by atoms with Crippen molar-refractivity contribution in [3.63, 3.8) is 0 Å². The van der Waals surface area contributed by atoms with Crippen LogP contribution in [0.4, 0.5) is 0 Å². The molecule has 0 fully saturated rings. The Bertz CT molecular complexity index is 328. The third-order valence-corrected chi connectivity index (χ3v) is 3.23. The van der Waals surface area contributed by atoms with Crippen LogP contribution < -0.4 is 5.73 Å². The minimum absolute atomic E-state index is 0.654. The summed E-state index contributed by atoms with van der Waals surface area (Å²) < 4.78 is 2.39. The molecule has 14 heavy (non-hydrogen) atoms. The molecule has 2 N–H and O–H groups in total. The van der Waals surface area contributed by atoms with E-state index in [2.05, 4.69) is 23.4 Å². The molecule has 1 atom stereocenters. The van der Waals surface area contributed by atoms with Gasteiger partial charge in [-0.15, -0.1) is 0 Å². The van der Waals surface area contributed by atoms with Crippen molar-refractivity contribution in [2.24, 2.45) is 11.7 Å². The summed E-state index contributed by atoms with van der Waals surface area (Å²) in [5.41, 5.74) is 8.38. The van der Waals surface area contributed by atoms with Gasteiger partial charge < -0.3 is 10.3 Å². The number of rotatable bonds is 2. The Morgan fingerprint density at radius 1 is 1.57 bits per heavy atom. The average Bonchev–Trinajstić information content (AvgIpc) is 2.55. The normalized spacial score (nSPS) is 20.9. The van der Waals surface area contributed by atoms with Crippen molar-refractivity contribution < 1.29 is 0 Å². The fourth-order valence-electron chi connectivity index (χ4n) is 2.35. The van der Waals surface area contributed by atoms with Crippen LogP contribution in [0, 0.1) is 12.8 Å². The molecule has 1 aliphatic rings. The zero-order valence-electron chi connectivity index (χ0n) is 9.08. The van der Waals surface area contributed by atoms with Gasteiger partial charge in [0.2, 0.25) is 0 Å². The van der Waals surface area contributed by atoms with E-state index in [9.17, 15) is 0 Å². The number of nitrogens with zero attached hydrogens (tertiary/aromatic N) is 2. The highest BCUT2D eigenvalue weighted by molar-refractivity contribution is 5.18. The highest BCUT2D eigenvalue weighted by atomic mass is 15.1. The fourth-order valence-corrected chi connectivity index (χ4v) is 2.35. The minimum Gasteiger partial charge on any atom is -0.331 e. The first-order valence-corrected chi connectivity index (χ1v) is 5.51. The van der Waals surface area contributed by atoms with Crippen molar-refractivity contribution in [2.75, 3.05) is 6.54 Å². The van der Waals surface area contributed by atoms with Gasteiger partial charge in [0.1, 0.15) is 5.82 Å². The van der Waals surface area contributed by atoms with Gasteiger partial charge in [-0.05, 0) is 32.2 Å². The first-order chi connectivity index (χ1) is 6.76. The van der Waals surface area contributed by atoms with Crippen molar-refractivity contribution in [3.05, 3.63) is 17.2 Å². The summed E-state index contributed by atoms with van der Waals surface area (Å²) in [7, 11) is 0. The number of aryl methyl sites for hydroxylation is 2. The molecule has 0 bridgehead atoms. The van der Waals surface area contributed by atoms with Crippen molar-refractivity contribution in [3.8, 4) is 0 Å². The number of fused-ring (bicyclic) bond motifs is 1. The molecule has 1 aliphatic heterocycles. The summed E-state index contributed by atoms with van der Waals surface area (Å²) in [5, 5.41) is 0. The lowest BCUT2D eigenvalue weighted by atomic mass is 9.97. The molecule has 0 aromatic carbocycles. The Hall–Kier alpha value is -0.830. The number of aromatic nitrogens is 2. The smallest absolute Gasteiger partial charge is 0.108 e. The summed E-state index contributed by atoms with van der Waals surface area (Å²) in [6.45, 7) is 6.17. The van der Waals surface area contributed by atoms with Gasteiger partial charge >= 0.3 is 0 Å². The van der Waals surface area contributed by atoms with Crippen LogP contribution in [-0.2, 0) is 19.4 Å². The zero-order valence-corrected chi connectivity index (χ0v) is 9.08. The third kappa shape index (κ3) is 1.46. The first-order valence-electron chi connectivity index (χ1n) is 5.51. The van der Waals surface area contributed by atoms with Crippen LogP contribution >= 0.6 is 0 Å².